The molecule has 31 heavy (non-hydrogen) atoms. The van der Waals surface area contributed by atoms with Crippen LogP contribution in [0.2, 0.25) is 0 Å². The smallest absolute Gasteiger partial charge is 0.306 e. The lowest BCUT2D eigenvalue weighted by atomic mass is 9.94. The van der Waals surface area contributed by atoms with Crippen molar-refractivity contribution in [1.29, 1.82) is 0 Å². The fourth-order valence-corrected chi connectivity index (χ4v) is 4.24. The zero-order valence-corrected chi connectivity index (χ0v) is 20.8. The largest absolute Gasteiger partial charge is 0.481 e. The van der Waals surface area contributed by atoms with Crippen LogP contribution in [0.25, 0.3) is 0 Å². The van der Waals surface area contributed by atoms with Gasteiger partial charge in [0.15, 0.2) is 0 Å². The monoisotopic (exact) mass is 438 g/mol. The van der Waals surface area contributed by atoms with Gasteiger partial charge >= 0.3 is 5.97 Å². The molecular weight excluding hydrogens is 384 g/mol. The van der Waals surface area contributed by atoms with Gasteiger partial charge in [-0.25, -0.2) is 0 Å². The van der Waals surface area contributed by atoms with E-state index < -0.39 is 5.97 Å². The average Bonchev–Trinajstić information content (AvgIpc) is 2.76. The number of carboxylic acids is 1. The number of rotatable bonds is 25. The summed E-state index contributed by atoms with van der Waals surface area (Å²) in [5.74, 6) is -0.733. The molecule has 0 rings (SSSR count). The van der Waals surface area contributed by atoms with E-state index in [0.717, 1.165) is 44.9 Å². The maximum atomic E-state index is 11.5. The third kappa shape index (κ3) is 23.7. The van der Waals surface area contributed by atoms with Gasteiger partial charge in [0.1, 0.15) is 0 Å². The average molecular weight is 439 g/mol. The molecule has 0 aliphatic carbocycles. The van der Waals surface area contributed by atoms with Crippen molar-refractivity contribution >= 4 is 5.97 Å². The van der Waals surface area contributed by atoms with E-state index in [2.05, 4.69) is 19.1 Å². The second-order valence-electron chi connectivity index (χ2n) is 9.40. The van der Waals surface area contributed by atoms with Gasteiger partial charge in [0.05, 0.1) is 5.92 Å². The Labute approximate surface area is 194 Å². The van der Waals surface area contributed by atoms with Crippen molar-refractivity contribution in [2.75, 3.05) is 6.61 Å². The molecular formula is C28H54O3. The Morgan fingerprint density at radius 3 is 1.42 bits per heavy atom. The second kappa shape index (κ2) is 25.4. The molecule has 0 spiro atoms. The van der Waals surface area contributed by atoms with Crippen LogP contribution in [-0.4, -0.2) is 22.8 Å². The van der Waals surface area contributed by atoms with Crippen LogP contribution < -0.4 is 0 Å². The van der Waals surface area contributed by atoms with E-state index in [1.807, 2.05) is 0 Å². The molecule has 0 fully saturated rings. The van der Waals surface area contributed by atoms with Crippen molar-refractivity contribution in [3.63, 3.8) is 0 Å². The third-order valence-electron chi connectivity index (χ3n) is 6.37. The molecule has 0 amide bonds. The molecule has 2 N–H and O–H groups in total. The summed E-state index contributed by atoms with van der Waals surface area (Å²) in [6.07, 6.45) is 30.9. The molecule has 1 unspecified atom stereocenters. The van der Waals surface area contributed by atoms with Gasteiger partial charge in [-0.1, -0.05) is 115 Å². The number of carboxylic acid groups (broad SMARTS) is 1. The summed E-state index contributed by atoms with van der Waals surface area (Å²) >= 11 is 0. The van der Waals surface area contributed by atoms with Gasteiger partial charge < -0.3 is 10.2 Å². The van der Waals surface area contributed by atoms with Crippen LogP contribution in [0.5, 0.6) is 0 Å². The van der Waals surface area contributed by atoms with Crippen LogP contribution in [0.4, 0.5) is 0 Å². The van der Waals surface area contributed by atoms with Gasteiger partial charge in [0, 0.05) is 6.61 Å². The molecule has 0 saturated heterocycles. The van der Waals surface area contributed by atoms with Crippen molar-refractivity contribution < 1.29 is 15.0 Å². The Morgan fingerprint density at radius 2 is 1.00 bits per heavy atom. The lowest BCUT2D eigenvalue weighted by molar-refractivity contribution is -0.142. The van der Waals surface area contributed by atoms with E-state index in [0.29, 0.717) is 6.61 Å². The molecule has 3 nitrogen and oxygen atoms in total. The molecule has 0 aromatic rings. The molecule has 0 radical (unpaired) electrons. The predicted octanol–water partition coefficient (Wildman–Crippen LogP) is 8.84. The minimum Gasteiger partial charge on any atom is -0.481 e. The SMILES string of the molecule is CCCCCCCCC=CCCCCCCC(CCCCCCCCCCO)C(=O)O. The Hall–Kier alpha value is -0.830. The molecule has 0 heterocycles. The van der Waals surface area contributed by atoms with E-state index in [1.165, 1.54) is 96.3 Å². The number of aliphatic hydroxyl groups is 1. The van der Waals surface area contributed by atoms with Gasteiger partial charge in [0.25, 0.3) is 0 Å². The molecule has 3 heteroatoms. The first-order chi connectivity index (χ1) is 15.2. The van der Waals surface area contributed by atoms with Crippen molar-refractivity contribution in [3.8, 4) is 0 Å². The van der Waals surface area contributed by atoms with Crippen molar-refractivity contribution in [3.05, 3.63) is 12.2 Å². The third-order valence-corrected chi connectivity index (χ3v) is 6.37. The number of hydrogen-bond acceptors (Lipinski definition) is 2. The van der Waals surface area contributed by atoms with Gasteiger partial charge in [-0.3, -0.25) is 4.79 Å². The number of aliphatic hydroxyl groups excluding tert-OH is 1. The Morgan fingerprint density at radius 1 is 0.613 bits per heavy atom. The van der Waals surface area contributed by atoms with Gasteiger partial charge in [-0.05, 0) is 44.9 Å². The van der Waals surface area contributed by atoms with Gasteiger partial charge in [0.2, 0.25) is 0 Å². The van der Waals surface area contributed by atoms with E-state index in [4.69, 9.17) is 5.11 Å². The molecule has 0 bridgehead atoms. The standard InChI is InChI=1S/C28H54O3/c1-2-3-4-5-6-7-8-9-10-11-12-15-18-21-24-27(28(30)31)25-22-19-16-13-14-17-20-23-26-29/h9-10,27,29H,2-8,11-26H2,1H3,(H,30,31). The summed E-state index contributed by atoms with van der Waals surface area (Å²) in [5.41, 5.74) is 0. The summed E-state index contributed by atoms with van der Waals surface area (Å²) in [7, 11) is 0. The van der Waals surface area contributed by atoms with Crippen LogP contribution in [0.1, 0.15) is 148 Å². The highest BCUT2D eigenvalue weighted by Gasteiger charge is 2.16. The number of unbranched alkanes of at least 4 members (excludes halogenated alkanes) is 17. The van der Waals surface area contributed by atoms with E-state index >= 15 is 0 Å². The predicted molar refractivity (Wildman–Crippen MR) is 135 cm³/mol. The van der Waals surface area contributed by atoms with Crippen LogP contribution >= 0.6 is 0 Å². The van der Waals surface area contributed by atoms with E-state index in [1.54, 1.807) is 0 Å². The number of allylic oxidation sites excluding steroid dienone is 2. The first-order valence-corrected chi connectivity index (χ1v) is 13.7. The lowest BCUT2D eigenvalue weighted by Gasteiger charge is -2.12. The molecule has 0 aliphatic heterocycles. The Balaban J connectivity index is 3.48. The summed E-state index contributed by atoms with van der Waals surface area (Å²) < 4.78 is 0. The molecule has 1 atom stereocenters. The van der Waals surface area contributed by atoms with Gasteiger partial charge in [-0.15, -0.1) is 0 Å². The van der Waals surface area contributed by atoms with E-state index in [-0.39, 0.29) is 5.92 Å². The van der Waals surface area contributed by atoms with Gasteiger partial charge in [-0.2, -0.15) is 0 Å². The maximum absolute atomic E-state index is 11.5. The fourth-order valence-electron chi connectivity index (χ4n) is 4.24. The van der Waals surface area contributed by atoms with Crippen molar-refractivity contribution in [1.82, 2.24) is 0 Å². The van der Waals surface area contributed by atoms with Crippen LogP contribution in [0.15, 0.2) is 12.2 Å². The number of carbonyl (C=O) groups is 1. The fraction of sp³-hybridized carbons (Fsp3) is 0.893. The zero-order chi connectivity index (χ0) is 22.8. The number of aliphatic carboxylic acids is 1. The Bertz CT molecular complexity index is 392. The highest BCUT2D eigenvalue weighted by molar-refractivity contribution is 5.69. The van der Waals surface area contributed by atoms with Crippen LogP contribution in [-0.2, 0) is 4.79 Å². The highest BCUT2D eigenvalue weighted by Crippen LogP contribution is 2.19. The zero-order valence-electron chi connectivity index (χ0n) is 20.8. The van der Waals surface area contributed by atoms with Crippen LogP contribution in [0, 0.1) is 5.92 Å². The lowest BCUT2D eigenvalue weighted by Crippen LogP contribution is -2.13. The van der Waals surface area contributed by atoms with Crippen molar-refractivity contribution in [2.45, 2.75) is 148 Å². The van der Waals surface area contributed by atoms with Crippen molar-refractivity contribution in [2.24, 2.45) is 5.92 Å². The molecule has 0 saturated carbocycles. The molecule has 184 valence electrons. The minimum atomic E-state index is -0.596. The number of hydrogen-bond donors (Lipinski definition) is 2. The molecule has 0 aromatic carbocycles. The highest BCUT2D eigenvalue weighted by atomic mass is 16.4. The van der Waals surface area contributed by atoms with E-state index in [9.17, 15) is 9.90 Å². The minimum absolute atomic E-state index is 0.137. The summed E-state index contributed by atoms with van der Waals surface area (Å²) in [4.78, 5) is 11.5. The Kier molecular flexibility index (Phi) is 24.7. The first kappa shape index (κ1) is 30.2. The summed E-state index contributed by atoms with van der Waals surface area (Å²) in [6, 6.07) is 0. The summed E-state index contributed by atoms with van der Waals surface area (Å²) in [6.45, 7) is 2.58. The second-order valence-corrected chi connectivity index (χ2v) is 9.40. The summed E-state index contributed by atoms with van der Waals surface area (Å²) in [5, 5.41) is 18.2. The normalized spacial score (nSPS) is 12.6. The topological polar surface area (TPSA) is 57.5 Å². The molecule has 0 aromatic heterocycles. The molecule has 0 aliphatic rings. The maximum Gasteiger partial charge on any atom is 0.306 e. The quantitative estimate of drug-likeness (QED) is 0.110. The first-order valence-electron chi connectivity index (χ1n) is 13.7. The van der Waals surface area contributed by atoms with Crippen LogP contribution in [0.3, 0.4) is 0 Å².